The first-order chi connectivity index (χ1) is 11.6. The average Bonchev–Trinajstić information content (AvgIpc) is 3.40. The molecule has 2 aliphatic heterocycles. The molecule has 4 rings (SSSR count). The number of epoxide rings is 1. The number of non-ortho nitro benzene ring substituents is 1. The lowest BCUT2D eigenvalue weighted by Crippen LogP contribution is -2.45. The van der Waals surface area contributed by atoms with Crippen molar-refractivity contribution in [2.75, 3.05) is 4.90 Å². The minimum Gasteiger partial charge on any atom is -0.361 e. The molecule has 3 unspecified atom stereocenters. The Kier molecular flexibility index (Phi) is 3.08. The van der Waals surface area contributed by atoms with Gasteiger partial charge in [-0.3, -0.25) is 19.8 Å². The van der Waals surface area contributed by atoms with Crippen molar-refractivity contribution in [3.8, 4) is 6.07 Å². The first-order valence-electron chi connectivity index (χ1n) is 7.34. The molecule has 0 saturated carbocycles. The van der Waals surface area contributed by atoms with Gasteiger partial charge in [0.2, 0.25) is 0 Å². The molecule has 0 aromatic heterocycles. The third kappa shape index (κ3) is 2.05. The van der Waals surface area contributed by atoms with E-state index in [-0.39, 0.29) is 29.4 Å². The van der Waals surface area contributed by atoms with E-state index in [1.165, 1.54) is 29.2 Å². The molecule has 0 aliphatic carbocycles. The first kappa shape index (κ1) is 14.4. The number of nitrogens with zero attached hydrogens (tertiary/aromatic N) is 3. The summed E-state index contributed by atoms with van der Waals surface area (Å²) in [7, 11) is 0. The largest absolute Gasteiger partial charge is 0.361 e. The Morgan fingerprint density at radius 2 is 1.92 bits per heavy atom. The van der Waals surface area contributed by atoms with Crippen LogP contribution in [0.1, 0.15) is 22.0 Å². The van der Waals surface area contributed by atoms with E-state index in [4.69, 9.17) is 4.74 Å². The summed E-state index contributed by atoms with van der Waals surface area (Å²) in [6.45, 7) is 0. The summed E-state index contributed by atoms with van der Waals surface area (Å²) in [5.74, 6) is -0.377. The smallest absolute Gasteiger partial charge is 0.269 e. The zero-order valence-corrected chi connectivity index (χ0v) is 12.3. The number of nitro benzene ring substituents is 1. The molecule has 0 N–H and O–H groups in total. The van der Waals surface area contributed by atoms with Crippen molar-refractivity contribution in [2.45, 2.75) is 18.2 Å². The highest BCUT2D eigenvalue weighted by atomic mass is 16.6. The fourth-order valence-electron chi connectivity index (χ4n) is 3.09. The summed E-state index contributed by atoms with van der Waals surface area (Å²) in [5, 5.41) is 20.2. The summed E-state index contributed by atoms with van der Waals surface area (Å²) in [4.78, 5) is 24.6. The minimum atomic E-state index is -0.715. The third-order valence-electron chi connectivity index (χ3n) is 4.29. The van der Waals surface area contributed by atoms with Gasteiger partial charge in [0.05, 0.1) is 16.7 Å². The van der Waals surface area contributed by atoms with Gasteiger partial charge in [0.15, 0.2) is 6.04 Å². The van der Waals surface area contributed by atoms with Crippen LogP contribution < -0.4 is 4.90 Å². The molecule has 2 aromatic carbocycles. The van der Waals surface area contributed by atoms with Crippen LogP contribution in [0.15, 0.2) is 48.5 Å². The lowest BCUT2D eigenvalue weighted by molar-refractivity contribution is -0.384. The number of carbonyl (C=O) groups excluding carboxylic acids is 1. The molecule has 7 heteroatoms. The van der Waals surface area contributed by atoms with Crippen LogP contribution in [0.4, 0.5) is 11.4 Å². The number of carbonyl (C=O) groups is 1. The second-order valence-electron chi connectivity index (χ2n) is 5.63. The maximum absolute atomic E-state index is 12.9. The number of amides is 1. The first-order valence-corrected chi connectivity index (χ1v) is 7.34. The number of fused-ring (bicyclic) bond motifs is 3. The van der Waals surface area contributed by atoms with E-state index in [2.05, 4.69) is 6.07 Å². The van der Waals surface area contributed by atoms with Crippen molar-refractivity contribution in [1.29, 1.82) is 5.26 Å². The molecule has 24 heavy (non-hydrogen) atoms. The molecule has 0 bridgehead atoms. The lowest BCUT2D eigenvalue weighted by Gasteiger charge is -2.31. The van der Waals surface area contributed by atoms with Crippen molar-refractivity contribution in [3.63, 3.8) is 0 Å². The zero-order valence-electron chi connectivity index (χ0n) is 12.3. The SMILES string of the molecule is N#CC1C2OC2c2ccccc2N1C(=O)c1ccc([N+](=O)[O-])cc1. The van der Waals surface area contributed by atoms with E-state index in [1.54, 1.807) is 12.1 Å². The van der Waals surface area contributed by atoms with Crippen LogP contribution in [0.25, 0.3) is 0 Å². The quantitative estimate of drug-likeness (QED) is 0.481. The van der Waals surface area contributed by atoms with Crippen LogP contribution in [0, 0.1) is 21.4 Å². The van der Waals surface area contributed by atoms with Gasteiger partial charge >= 0.3 is 0 Å². The second kappa shape index (κ2) is 5.15. The number of hydrogen-bond acceptors (Lipinski definition) is 5. The average molecular weight is 321 g/mol. The normalized spacial score (nSPS) is 23.6. The van der Waals surface area contributed by atoms with Gasteiger partial charge in [0.25, 0.3) is 11.6 Å². The van der Waals surface area contributed by atoms with Gasteiger partial charge in [-0.1, -0.05) is 18.2 Å². The maximum atomic E-state index is 12.9. The van der Waals surface area contributed by atoms with Crippen LogP contribution in [-0.4, -0.2) is 23.0 Å². The van der Waals surface area contributed by atoms with E-state index < -0.39 is 11.0 Å². The van der Waals surface area contributed by atoms with Crippen molar-refractivity contribution in [2.24, 2.45) is 0 Å². The topological polar surface area (TPSA) is 99.8 Å². The maximum Gasteiger partial charge on any atom is 0.269 e. The molecule has 2 aliphatic rings. The number of nitriles is 1. The molecule has 0 radical (unpaired) electrons. The highest BCUT2D eigenvalue weighted by molar-refractivity contribution is 6.08. The van der Waals surface area contributed by atoms with Gasteiger partial charge < -0.3 is 4.74 Å². The van der Waals surface area contributed by atoms with Crippen molar-refractivity contribution < 1.29 is 14.5 Å². The lowest BCUT2D eigenvalue weighted by atomic mass is 9.95. The molecule has 2 aromatic rings. The Bertz CT molecular complexity index is 887. The number of benzene rings is 2. The summed E-state index contributed by atoms with van der Waals surface area (Å²) in [6, 6.07) is 14.1. The number of ether oxygens (including phenoxy) is 1. The van der Waals surface area contributed by atoms with Crippen LogP contribution in [0.2, 0.25) is 0 Å². The van der Waals surface area contributed by atoms with Crippen LogP contribution in [-0.2, 0) is 4.74 Å². The molecule has 2 heterocycles. The van der Waals surface area contributed by atoms with E-state index in [1.807, 2.05) is 12.1 Å². The van der Waals surface area contributed by atoms with E-state index in [0.717, 1.165) is 5.56 Å². The number of para-hydroxylation sites is 1. The van der Waals surface area contributed by atoms with Gasteiger partial charge in [0.1, 0.15) is 12.2 Å². The predicted octanol–water partition coefficient (Wildman–Crippen LogP) is 2.59. The number of rotatable bonds is 2. The van der Waals surface area contributed by atoms with Gasteiger partial charge in [-0.05, 0) is 18.2 Å². The fourth-order valence-corrected chi connectivity index (χ4v) is 3.09. The van der Waals surface area contributed by atoms with Crippen molar-refractivity contribution in [1.82, 2.24) is 0 Å². The molecular weight excluding hydrogens is 310 g/mol. The molecule has 1 amide bonds. The zero-order chi connectivity index (χ0) is 16.8. The number of nitro groups is 1. The highest BCUT2D eigenvalue weighted by Gasteiger charge is 2.55. The Morgan fingerprint density at radius 3 is 2.58 bits per heavy atom. The van der Waals surface area contributed by atoms with Gasteiger partial charge in [-0.2, -0.15) is 5.26 Å². The highest BCUT2D eigenvalue weighted by Crippen LogP contribution is 2.51. The summed E-state index contributed by atoms with van der Waals surface area (Å²) >= 11 is 0. The Hall–Kier alpha value is -3.24. The van der Waals surface area contributed by atoms with Gasteiger partial charge in [-0.15, -0.1) is 0 Å². The molecule has 1 saturated heterocycles. The fraction of sp³-hybridized carbons (Fsp3) is 0.176. The summed E-state index contributed by atoms with van der Waals surface area (Å²) in [5.41, 5.74) is 1.72. The monoisotopic (exact) mass is 321 g/mol. The number of anilines is 1. The van der Waals surface area contributed by atoms with Crippen LogP contribution >= 0.6 is 0 Å². The third-order valence-corrected chi connectivity index (χ3v) is 4.29. The van der Waals surface area contributed by atoms with E-state index in [9.17, 15) is 20.2 Å². The molecule has 3 atom stereocenters. The summed E-state index contributed by atoms with van der Waals surface area (Å²) in [6.07, 6.45) is -0.473. The molecular formula is C17H11N3O4. The summed E-state index contributed by atoms with van der Waals surface area (Å²) < 4.78 is 5.57. The molecule has 7 nitrogen and oxygen atoms in total. The molecule has 0 spiro atoms. The standard InChI is InChI=1S/C17H11N3O4/c18-9-14-16-15(24-16)12-3-1-2-4-13(12)19(14)17(21)10-5-7-11(8-6-10)20(22)23/h1-8,14-16H. The Morgan fingerprint density at radius 1 is 1.21 bits per heavy atom. The second-order valence-corrected chi connectivity index (χ2v) is 5.63. The van der Waals surface area contributed by atoms with Gasteiger partial charge in [0, 0.05) is 23.3 Å². The molecule has 1 fully saturated rings. The Balaban J connectivity index is 1.75. The minimum absolute atomic E-state index is 0.0898. The van der Waals surface area contributed by atoms with Crippen molar-refractivity contribution in [3.05, 3.63) is 69.8 Å². The number of hydrogen-bond donors (Lipinski definition) is 0. The van der Waals surface area contributed by atoms with E-state index in [0.29, 0.717) is 5.69 Å². The van der Waals surface area contributed by atoms with Gasteiger partial charge in [-0.25, -0.2) is 0 Å². The predicted molar refractivity (Wildman–Crippen MR) is 83.4 cm³/mol. The molecule has 118 valence electrons. The van der Waals surface area contributed by atoms with Crippen LogP contribution in [0.5, 0.6) is 0 Å². The van der Waals surface area contributed by atoms with Crippen molar-refractivity contribution >= 4 is 17.3 Å². The Labute approximate surface area is 136 Å². The van der Waals surface area contributed by atoms with E-state index >= 15 is 0 Å². The van der Waals surface area contributed by atoms with Crippen LogP contribution in [0.3, 0.4) is 0 Å².